The molecule has 2 heterocycles. The quantitative estimate of drug-likeness (QED) is 0.689. The molecule has 0 unspecified atom stereocenters. The summed E-state index contributed by atoms with van der Waals surface area (Å²) in [4.78, 5) is 16.2. The molecule has 136 valence electrons. The van der Waals surface area contributed by atoms with Crippen LogP contribution in [0.4, 0.5) is 0 Å². The number of hydrogen-bond donors (Lipinski definition) is 1. The lowest BCUT2D eigenvalue weighted by atomic mass is 10.0. The summed E-state index contributed by atoms with van der Waals surface area (Å²) < 4.78 is 7.16. The van der Waals surface area contributed by atoms with Crippen LogP contribution in [0.25, 0.3) is 11.4 Å². The number of pyridine rings is 1. The summed E-state index contributed by atoms with van der Waals surface area (Å²) in [5.74, 6) is 1.03. The van der Waals surface area contributed by atoms with E-state index in [2.05, 4.69) is 27.4 Å². The Kier molecular flexibility index (Phi) is 6.95. The van der Waals surface area contributed by atoms with Crippen molar-refractivity contribution in [3.8, 4) is 11.4 Å². The van der Waals surface area contributed by atoms with E-state index in [0.717, 1.165) is 17.8 Å². The van der Waals surface area contributed by atoms with E-state index >= 15 is 0 Å². The van der Waals surface area contributed by atoms with Gasteiger partial charge in [0, 0.05) is 30.6 Å². The maximum absolute atomic E-state index is 12.2. The highest BCUT2D eigenvalue weighted by molar-refractivity contribution is 7.99. The third-order valence-electron chi connectivity index (χ3n) is 3.87. The summed E-state index contributed by atoms with van der Waals surface area (Å²) in [6.45, 7) is 7.23. The van der Waals surface area contributed by atoms with Crippen LogP contribution in [0.15, 0.2) is 29.7 Å². The molecule has 0 aliphatic heterocycles. The van der Waals surface area contributed by atoms with Crippen molar-refractivity contribution in [1.29, 1.82) is 0 Å². The van der Waals surface area contributed by atoms with Crippen LogP contribution in [-0.4, -0.2) is 50.7 Å². The van der Waals surface area contributed by atoms with Gasteiger partial charge in [-0.05, 0) is 32.4 Å². The Bertz CT molecular complexity index is 688. The minimum absolute atomic E-state index is 0.0106. The molecule has 0 radical (unpaired) electrons. The van der Waals surface area contributed by atoms with Gasteiger partial charge in [-0.25, -0.2) is 0 Å². The topological polar surface area (TPSA) is 81.9 Å². The minimum Gasteiger partial charge on any atom is -0.383 e. The van der Waals surface area contributed by atoms with Gasteiger partial charge < -0.3 is 10.1 Å². The van der Waals surface area contributed by atoms with Crippen molar-refractivity contribution in [3.05, 3.63) is 24.5 Å². The molecule has 0 saturated carbocycles. The first-order valence-electron chi connectivity index (χ1n) is 8.23. The molecule has 1 N–H and O–H groups in total. The van der Waals surface area contributed by atoms with Gasteiger partial charge in [0.05, 0.1) is 18.9 Å². The van der Waals surface area contributed by atoms with Crippen molar-refractivity contribution < 1.29 is 9.53 Å². The molecule has 8 heteroatoms. The zero-order valence-corrected chi connectivity index (χ0v) is 16.0. The van der Waals surface area contributed by atoms with E-state index in [1.165, 1.54) is 11.8 Å². The van der Waals surface area contributed by atoms with E-state index in [0.29, 0.717) is 24.1 Å². The summed E-state index contributed by atoms with van der Waals surface area (Å²) in [5, 5.41) is 12.3. The Hall–Kier alpha value is -1.93. The lowest BCUT2D eigenvalue weighted by Crippen LogP contribution is -2.43. The maximum atomic E-state index is 12.2. The molecular formula is C17H25N5O2S. The van der Waals surface area contributed by atoms with Crippen LogP contribution in [0.2, 0.25) is 0 Å². The maximum Gasteiger partial charge on any atom is 0.230 e. The Labute approximate surface area is 152 Å². The number of rotatable bonds is 9. The Morgan fingerprint density at radius 3 is 2.68 bits per heavy atom. The third kappa shape index (κ3) is 5.54. The van der Waals surface area contributed by atoms with Crippen molar-refractivity contribution in [3.63, 3.8) is 0 Å². The van der Waals surface area contributed by atoms with E-state index in [9.17, 15) is 4.79 Å². The van der Waals surface area contributed by atoms with Gasteiger partial charge in [-0.15, -0.1) is 10.2 Å². The zero-order chi connectivity index (χ0) is 18.3. The first kappa shape index (κ1) is 19.4. The fourth-order valence-corrected chi connectivity index (χ4v) is 2.89. The molecule has 0 aromatic carbocycles. The van der Waals surface area contributed by atoms with Crippen LogP contribution in [0.3, 0.4) is 0 Å². The van der Waals surface area contributed by atoms with E-state index in [-0.39, 0.29) is 11.4 Å². The van der Waals surface area contributed by atoms with Crippen molar-refractivity contribution in [1.82, 2.24) is 25.1 Å². The van der Waals surface area contributed by atoms with Gasteiger partial charge in [0.15, 0.2) is 11.0 Å². The number of nitrogens with one attached hydrogen (secondary N) is 1. The monoisotopic (exact) mass is 363 g/mol. The number of aromatic nitrogens is 4. The van der Waals surface area contributed by atoms with Crippen molar-refractivity contribution in [2.45, 2.75) is 44.4 Å². The summed E-state index contributed by atoms with van der Waals surface area (Å²) in [5.41, 5.74) is 0.728. The fourth-order valence-electron chi connectivity index (χ4n) is 2.13. The average molecular weight is 363 g/mol. The molecule has 2 aromatic heterocycles. The highest BCUT2D eigenvalue weighted by Gasteiger charge is 2.19. The van der Waals surface area contributed by atoms with Crippen LogP contribution in [-0.2, 0) is 16.1 Å². The number of carbonyl (C=O) groups excluding carboxylic acids is 1. The second-order valence-corrected chi connectivity index (χ2v) is 7.20. The molecule has 0 bridgehead atoms. The smallest absolute Gasteiger partial charge is 0.230 e. The van der Waals surface area contributed by atoms with Crippen molar-refractivity contribution in [2.75, 3.05) is 19.5 Å². The summed E-state index contributed by atoms with van der Waals surface area (Å²) in [7, 11) is 1.66. The molecule has 2 aromatic rings. The molecular weight excluding hydrogens is 338 g/mol. The molecule has 7 nitrogen and oxygen atoms in total. The van der Waals surface area contributed by atoms with Gasteiger partial charge in [0.1, 0.15) is 0 Å². The number of thioether (sulfide) groups is 1. The first-order chi connectivity index (χ1) is 12.0. The van der Waals surface area contributed by atoms with Crippen LogP contribution in [0.1, 0.15) is 27.2 Å². The number of ether oxygens (including phenoxy) is 1. The molecule has 0 aliphatic carbocycles. The van der Waals surface area contributed by atoms with E-state index in [4.69, 9.17) is 4.74 Å². The number of amides is 1. The van der Waals surface area contributed by atoms with E-state index in [1.54, 1.807) is 19.5 Å². The summed E-state index contributed by atoms with van der Waals surface area (Å²) in [6, 6.07) is 3.77. The molecule has 1 amide bonds. The van der Waals surface area contributed by atoms with Crippen LogP contribution in [0.5, 0.6) is 0 Å². The Morgan fingerprint density at radius 2 is 2.04 bits per heavy atom. The van der Waals surface area contributed by atoms with Gasteiger partial charge in [-0.1, -0.05) is 18.7 Å². The normalized spacial score (nSPS) is 11.5. The molecule has 0 aliphatic rings. The van der Waals surface area contributed by atoms with Crippen molar-refractivity contribution >= 4 is 17.7 Å². The lowest BCUT2D eigenvalue weighted by Gasteiger charge is -2.24. The number of nitrogens with zero attached hydrogens (tertiary/aromatic N) is 4. The van der Waals surface area contributed by atoms with Gasteiger partial charge in [-0.2, -0.15) is 0 Å². The predicted molar refractivity (Wildman–Crippen MR) is 98.4 cm³/mol. The molecule has 0 fully saturated rings. The largest absolute Gasteiger partial charge is 0.383 e. The number of methoxy groups -OCH3 is 1. The second kappa shape index (κ2) is 8.96. The summed E-state index contributed by atoms with van der Waals surface area (Å²) >= 11 is 1.38. The molecule has 0 saturated heterocycles. The van der Waals surface area contributed by atoms with Gasteiger partial charge in [0.2, 0.25) is 5.91 Å². The molecule has 0 spiro atoms. The lowest BCUT2D eigenvalue weighted by molar-refractivity contribution is -0.120. The highest BCUT2D eigenvalue weighted by atomic mass is 32.2. The third-order valence-corrected chi connectivity index (χ3v) is 4.84. The van der Waals surface area contributed by atoms with Crippen LogP contribution < -0.4 is 5.32 Å². The molecule has 2 rings (SSSR count). The number of carbonyl (C=O) groups is 1. The second-order valence-electron chi connectivity index (χ2n) is 6.26. The van der Waals surface area contributed by atoms with Crippen molar-refractivity contribution in [2.24, 2.45) is 0 Å². The van der Waals surface area contributed by atoms with Crippen LogP contribution >= 0.6 is 11.8 Å². The SMILES string of the molecule is CCC(C)(C)NC(=O)CSc1nnc(-c2ccncc2)n1CCOC. The predicted octanol–water partition coefficient (Wildman–Crippen LogP) is 2.38. The zero-order valence-electron chi connectivity index (χ0n) is 15.2. The standard InChI is InChI=1S/C17H25N5O2S/c1-5-17(2,3)19-14(23)12-25-16-21-20-15(22(16)10-11-24-4)13-6-8-18-9-7-13/h6-9H,5,10-12H2,1-4H3,(H,19,23). The average Bonchev–Trinajstić information content (AvgIpc) is 3.01. The highest BCUT2D eigenvalue weighted by Crippen LogP contribution is 2.23. The van der Waals surface area contributed by atoms with Gasteiger partial charge in [-0.3, -0.25) is 14.3 Å². The van der Waals surface area contributed by atoms with Crippen LogP contribution in [0, 0.1) is 0 Å². The minimum atomic E-state index is -0.205. The Balaban J connectivity index is 2.12. The van der Waals surface area contributed by atoms with E-state index < -0.39 is 0 Å². The first-order valence-corrected chi connectivity index (χ1v) is 9.21. The Morgan fingerprint density at radius 1 is 1.32 bits per heavy atom. The van der Waals surface area contributed by atoms with Gasteiger partial charge >= 0.3 is 0 Å². The van der Waals surface area contributed by atoms with E-state index in [1.807, 2.05) is 30.5 Å². The van der Waals surface area contributed by atoms with Gasteiger partial charge in [0.25, 0.3) is 0 Å². The molecule has 25 heavy (non-hydrogen) atoms. The number of hydrogen-bond acceptors (Lipinski definition) is 6. The fraction of sp³-hybridized carbons (Fsp3) is 0.529. The molecule has 0 atom stereocenters. The summed E-state index contributed by atoms with van der Waals surface area (Å²) in [6.07, 6.45) is 4.31.